The van der Waals surface area contributed by atoms with Crippen LogP contribution >= 0.6 is 0 Å². The number of aromatic amines is 1. The average molecular weight is 391 g/mol. The topological polar surface area (TPSA) is 98.8 Å². The molecule has 1 N–H and O–H groups in total. The lowest BCUT2D eigenvalue weighted by Crippen LogP contribution is -2.54. The molecule has 3 heterocycles. The molecule has 1 aromatic rings. The summed E-state index contributed by atoms with van der Waals surface area (Å²) in [6, 6.07) is 0. The second kappa shape index (κ2) is 8.72. The van der Waals surface area contributed by atoms with Gasteiger partial charge >= 0.3 is 0 Å². The molecule has 9 nitrogen and oxygen atoms in total. The number of carbonyl (C=O) groups excluding carboxylic acids is 3. The quantitative estimate of drug-likeness (QED) is 0.764. The molecule has 2 saturated heterocycles. The van der Waals surface area contributed by atoms with Gasteiger partial charge in [-0.15, -0.1) is 0 Å². The van der Waals surface area contributed by atoms with Crippen LogP contribution in [-0.4, -0.2) is 95.1 Å². The number of likely N-dealkylation sites (tertiary alicyclic amines) is 1. The second-order valence-corrected chi connectivity index (χ2v) is 7.81. The van der Waals surface area contributed by atoms with Crippen LogP contribution in [0.15, 0.2) is 12.4 Å². The standard InChI is InChI=1S/C19H29N5O4/c1-22(2)18(27)13-24-14-19(28-10-5-17(24)26)6-8-23(9-7-19)16(25)4-3-15-11-20-21-12-15/h11-12H,3-10,13-14H2,1-2H3,(H,20,21). The zero-order valence-electron chi connectivity index (χ0n) is 16.6. The van der Waals surface area contributed by atoms with E-state index in [9.17, 15) is 14.4 Å². The molecule has 1 spiro atoms. The van der Waals surface area contributed by atoms with Crippen LogP contribution in [0.5, 0.6) is 0 Å². The van der Waals surface area contributed by atoms with Gasteiger partial charge in [0.2, 0.25) is 17.7 Å². The van der Waals surface area contributed by atoms with Crippen LogP contribution in [0.2, 0.25) is 0 Å². The Kier molecular flexibility index (Phi) is 6.33. The molecule has 3 amide bonds. The van der Waals surface area contributed by atoms with Gasteiger partial charge in [-0.05, 0) is 24.8 Å². The van der Waals surface area contributed by atoms with Crippen molar-refractivity contribution >= 4 is 17.7 Å². The van der Waals surface area contributed by atoms with Crippen LogP contribution in [0.3, 0.4) is 0 Å². The van der Waals surface area contributed by atoms with E-state index in [4.69, 9.17) is 4.74 Å². The number of aryl methyl sites for hydroxylation is 1. The molecule has 0 aromatic carbocycles. The summed E-state index contributed by atoms with van der Waals surface area (Å²) >= 11 is 0. The highest BCUT2D eigenvalue weighted by Gasteiger charge is 2.41. The van der Waals surface area contributed by atoms with Crippen LogP contribution < -0.4 is 0 Å². The summed E-state index contributed by atoms with van der Waals surface area (Å²) in [4.78, 5) is 41.9. The third-order valence-electron chi connectivity index (χ3n) is 5.59. The predicted molar refractivity (Wildman–Crippen MR) is 101 cm³/mol. The van der Waals surface area contributed by atoms with Crippen molar-refractivity contribution in [1.29, 1.82) is 0 Å². The molecule has 0 atom stereocenters. The third-order valence-corrected chi connectivity index (χ3v) is 5.59. The summed E-state index contributed by atoms with van der Waals surface area (Å²) in [7, 11) is 3.37. The van der Waals surface area contributed by atoms with Crippen molar-refractivity contribution in [1.82, 2.24) is 24.9 Å². The molecule has 0 bridgehead atoms. The van der Waals surface area contributed by atoms with Crippen LogP contribution in [0.25, 0.3) is 0 Å². The monoisotopic (exact) mass is 391 g/mol. The minimum atomic E-state index is -0.472. The number of ether oxygens (including phenoxy) is 1. The lowest BCUT2D eigenvalue weighted by molar-refractivity contribution is -0.143. The van der Waals surface area contributed by atoms with Gasteiger partial charge < -0.3 is 19.4 Å². The van der Waals surface area contributed by atoms with Gasteiger partial charge in [0.25, 0.3) is 0 Å². The fourth-order valence-corrected chi connectivity index (χ4v) is 3.73. The highest BCUT2D eigenvalue weighted by atomic mass is 16.5. The van der Waals surface area contributed by atoms with Gasteiger partial charge in [0, 0.05) is 39.8 Å². The molecule has 0 aliphatic carbocycles. The van der Waals surface area contributed by atoms with E-state index in [1.807, 2.05) is 4.90 Å². The Bertz CT molecular complexity index is 695. The molecule has 2 aliphatic heterocycles. The summed E-state index contributed by atoms with van der Waals surface area (Å²) < 4.78 is 6.08. The predicted octanol–water partition coefficient (Wildman–Crippen LogP) is 0.0406. The maximum Gasteiger partial charge on any atom is 0.241 e. The number of H-pyrrole nitrogens is 1. The molecule has 2 aliphatic rings. The van der Waals surface area contributed by atoms with Gasteiger partial charge in [-0.2, -0.15) is 5.10 Å². The number of likely N-dealkylation sites (N-methyl/N-ethyl adjacent to an activating group) is 1. The van der Waals surface area contributed by atoms with Crippen molar-refractivity contribution in [3.8, 4) is 0 Å². The van der Waals surface area contributed by atoms with E-state index in [0.717, 1.165) is 5.56 Å². The molecule has 3 rings (SSSR count). The minimum Gasteiger partial charge on any atom is -0.372 e. The maximum absolute atomic E-state index is 12.5. The largest absolute Gasteiger partial charge is 0.372 e. The van der Waals surface area contributed by atoms with Gasteiger partial charge in [-0.3, -0.25) is 19.5 Å². The van der Waals surface area contributed by atoms with Crippen LogP contribution in [0.4, 0.5) is 0 Å². The van der Waals surface area contributed by atoms with E-state index in [0.29, 0.717) is 51.9 Å². The first-order chi connectivity index (χ1) is 13.4. The first-order valence-electron chi connectivity index (χ1n) is 9.76. The molecular weight excluding hydrogens is 362 g/mol. The first-order valence-corrected chi connectivity index (χ1v) is 9.76. The number of rotatable bonds is 5. The summed E-state index contributed by atoms with van der Waals surface area (Å²) in [5, 5.41) is 6.65. The molecular formula is C19H29N5O4. The van der Waals surface area contributed by atoms with Crippen molar-refractivity contribution in [2.75, 3.05) is 46.9 Å². The van der Waals surface area contributed by atoms with Gasteiger partial charge in [0.1, 0.15) is 0 Å². The molecule has 0 radical (unpaired) electrons. The molecule has 0 saturated carbocycles. The number of piperidine rings is 1. The highest BCUT2D eigenvalue weighted by Crippen LogP contribution is 2.30. The Morgan fingerprint density at radius 2 is 2.07 bits per heavy atom. The Labute approximate surface area is 165 Å². The summed E-state index contributed by atoms with van der Waals surface area (Å²) in [6.07, 6.45) is 6.29. The van der Waals surface area contributed by atoms with Crippen molar-refractivity contribution in [3.63, 3.8) is 0 Å². The number of hydrogen-bond acceptors (Lipinski definition) is 5. The lowest BCUT2D eigenvalue weighted by Gasteiger charge is -2.42. The van der Waals surface area contributed by atoms with Crippen LogP contribution in [0.1, 0.15) is 31.2 Å². The van der Waals surface area contributed by atoms with E-state index in [1.165, 1.54) is 4.90 Å². The molecule has 1 aromatic heterocycles. The van der Waals surface area contributed by atoms with Gasteiger partial charge in [0.05, 0.1) is 37.9 Å². The molecule has 154 valence electrons. The zero-order valence-corrected chi connectivity index (χ0v) is 16.6. The van der Waals surface area contributed by atoms with E-state index in [2.05, 4.69) is 10.2 Å². The zero-order chi connectivity index (χ0) is 20.1. The number of amides is 3. The van der Waals surface area contributed by atoms with E-state index in [1.54, 1.807) is 31.4 Å². The Hall–Kier alpha value is -2.42. The number of nitrogens with one attached hydrogen (secondary N) is 1. The fraction of sp³-hybridized carbons (Fsp3) is 0.684. The van der Waals surface area contributed by atoms with Gasteiger partial charge in [-0.25, -0.2) is 0 Å². The summed E-state index contributed by atoms with van der Waals surface area (Å²) in [5.74, 6) is -0.0247. The summed E-state index contributed by atoms with van der Waals surface area (Å²) in [6.45, 7) is 2.05. The number of hydrogen-bond donors (Lipinski definition) is 1. The summed E-state index contributed by atoms with van der Waals surface area (Å²) in [5.41, 5.74) is 0.550. The van der Waals surface area contributed by atoms with E-state index in [-0.39, 0.29) is 30.7 Å². The van der Waals surface area contributed by atoms with Gasteiger partial charge in [0.15, 0.2) is 0 Å². The highest BCUT2D eigenvalue weighted by molar-refractivity contribution is 5.84. The van der Waals surface area contributed by atoms with Crippen molar-refractivity contribution in [2.45, 2.75) is 37.7 Å². The third kappa shape index (κ3) is 4.89. The molecule has 28 heavy (non-hydrogen) atoms. The minimum absolute atomic E-state index is 0.0503. The fourth-order valence-electron chi connectivity index (χ4n) is 3.73. The van der Waals surface area contributed by atoms with E-state index >= 15 is 0 Å². The Balaban J connectivity index is 1.55. The average Bonchev–Trinajstić information content (AvgIpc) is 3.14. The molecule has 2 fully saturated rings. The second-order valence-electron chi connectivity index (χ2n) is 7.81. The molecule has 0 unspecified atom stereocenters. The number of nitrogens with zero attached hydrogens (tertiary/aromatic N) is 4. The van der Waals surface area contributed by atoms with Crippen molar-refractivity contribution in [3.05, 3.63) is 18.0 Å². The SMILES string of the molecule is CN(C)C(=O)CN1CC2(CCN(C(=O)CCc3cn[nH]c3)CC2)OCCC1=O. The van der Waals surface area contributed by atoms with Crippen LogP contribution in [0, 0.1) is 0 Å². The van der Waals surface area contributed by atoms with Crippen LogP contribution in [-0.2, 0) is 25.5 Å². The maximum atomic E-state index is 12.5. The lowest BCUT2D eigenvalue weighted by atomic mass is 9.90. The smallest absolute Gasteiger partial charge is 0.241 e. The Morgan fingerprint density at radius 3 is 2.71 bits per heavy atom. The number of aromatic nitrogens is 2. The Morgan fingerprint density at radius 1 is 1.32 bits per heavy atom. The van der Waals surface area contributed by atoms with E-state index < -0.39 is 5.60 Å². The number of carbonyl (C=O) groups is 3. The van der Waals surface area contributed by atoms with Crippen molar-refractivity contribution < 1.29 is 19.1 Å². The first kappa shape index (κ1) is 20.3. The van der Waals surface area contributed by atoms with Crippen molar-refractivity contribution in [2.24, 2.45) is 0 Å². The molecule has 9 heteroatoms. The van der Waals surface area contributed by atoms with Gasteiger partial charge in [-0.1, -0.05) is 0 Å². The normalized spacial score (nSPS) is 19.6.